The summed E-state index contributed by atoms with van der Waals surface area (Å²) >= 11 is 0. The van der Waals surface area contributed by atoms with Crippen LogP contribution >= 0.6 is 0 Å². The van der Waals surface area contributed by atoms with Crippen LogP contribution in [0.5, 0.6) is 0 Å². The number of nitrogen functional groups attached to an aromatic ring is 1. The molecule has 0 saturated heterocycles. The topological polar surface area (TPSA) is 95.4 Å². The van der Waals surface area contributed by atoms with Crippen LogP contribution in [0.2, 0.25) is 0 Å². The summed E-state index contributed by atoms with van der Waals surface area (Å²) in [5, 5.41) is 0. The van der Waals surface area contributed by atoms with Gasteiger partial charge in [-0.05, 0) is 24.5 Å². The molecule has 0 aliphatic heterocycles. The average molecular weight is 254 g/mol. The van der Waals surface area contributed by atoms with Crippen LogP contribution in [0.4, 0.5) is 5.82 Å². The number of anilines is 1. The van der Waals surface area contributed by atoms with Gasteiger partial charge in [0.1, 0.15) is 5.82 Å². The summed E-state index contributed by atoms with van der Waals surface area (Å²) in [6, 6.07) is 3.95. The van der Waals surface area contributed by atoms with Crippen LogP contribution in [0.15, 0.2) is 18.3 Å². The fourth-order valence-corrected chi connectivity index (χ4v) is 1.60. The first kappa shape index (κ1) is 14.8. The third kappa shape index (κ3) is 5.42. The maximum absolute atomic E-state index is 5.79. The molecule has 6 nitrogen and oxygen atoms in total. The zero-order chi connectivity index (χ0) is 13.2. The second-order valence-electron chi connectivity index (χ2n) is 4.01. The van der Waals surface area contributed by atoms with E-state index in [1.165, 1.54) is 0 Å². The highest BCUT2D eigenvalue weighted by molar-refractivity contribution is 5.38. The van der Waals surface area contributed by atoms with Gasteiger partial charge in [0, 0.05) is 26.0 Å². The van der Waals surface area contributed by atoms with Gasteiger partial charge in [0.2, 0.25) is 0 Å². The molecule has 0 bridgehead atoms. The van der Waals surface area contributed by atoms with E-state index in [0.29, 0.717) is 25.6 Å². The second-order valence-corrected chi connectivity index (χ2v) is 4.01. The minimum absolute atomic E-state index is 0.124. The second kappa shape index (κ2) is 8.82. The monoisotopic (exact) mass is 254 g/mol. The molecule has 0 fully saturated rings. The largest absolute Gasteiger partial charge is 0.383 e. The van der Waals surface area contributed by atoms with Crippen LogP contribution in [-0.4, -0.2) is 38.0 Å². The Balaban J connectivity index is 2.31. The van der Waals surface area contributed by atoms with Crippen LogP contribution in [-0.2, 0) is 15.9 Å². The van der Waals surface area contributed by atoms with E-state index in [-0.39, 0.29) is 6.04 Å². The van der Waals surface area contributed by atoms with Gasteiger partial charge < -0.3 is 15.2 Å². The number of nitrogens with two attached hydrogens (primary N) is 2. The zero-order valence-electron chi connectivity index (χ0n) is 10.8. The molecule has 102 valence electrons. The van der Waals surface area contributed by atoms with Crippen molar-refractivity contribution in [2.75, 3.05) is 32.7 Å². The molecular formula is C12H22N4O2. The summed E-state index contributed by atoms with van der Waals surface area (Å²) in [4.78, 5) is 4.05. The normalized spacial score (nSPS) is 12.6. The first-order chi connectivity index (χ1) is 8.77. The summed E-state index contributed by atoms with van der Waals surface area (Å²) in [5.74, 6) is 6.07. The minimum atomic E-state index is 0.124. The van der Waals surface area contributed by atoms with Crippen molar-refractivity contribution in [3.63, 3.8) is 0 Å². The molecule has 6 heteroatoms. The van der Waals surface area contributed by atoms with Gasteiger partial charge in [-0.25, -0.2) is 4.98 Å². The molecule has 1 atom stereocenters. The number of aromatic nitrogens is 1. The van der Waals surface area contributed by atoms with Gasteiger partial charge in [0.25, 0.3) is 0 Å². The first-order valence-corrected chi connectivity index (χ1v) is 6.00. The number of hydrazine groups is 1. The standard InChI is InChI=1S/C12H22N4O2/c1-17-7-8-18-6-4-11(16-14)9-10-3-2-5-15-12(10)13/h2-3,5,11,16H,4,6-9,14H2,1H3,(H2,13,15). The molecule has 0 aromatic carbocycles. The number of pyridine rings is 1. The molecule has 0 radical (unpaired) electrons. The Morgan fingerprint density at radius 2 is 2.22 bits per heavy atom. The molecule has 18 heavy (non-hydrogen) atoms. The SMILES string of the molecule is COCCOCCC(Cc1cccnc1N)NN. The molecule has 1 rings (SSSR count). The molecule has 1 aromatic heterocycles. The van der Waals surface area contributed by atoms with Crippen LogP contribution in [0.3, 0.4) is 0 Å². The number of ether oxygens (including phenoxy) is 2. The number of hydrogen-bond donors (Lipinski definition) is 3. The predicted octanol–water partition coefficient (Wildman–Crippen LogP) is 0.0913. The molecule has 0 aliphatic rings. The van der Waals surface area contributed by atoms with E-state index >= 15 is 0 Å². The predicted molar refractivity (Wildman–Crippen MR) is 70.8 cm³/mol. The van der Waals surface area contributed by atoms with Crippen LogP contribution in [0, 0.1) is 0 Å². The number of methoxy groups -OCH3 is 1. The summed E-state index contributed by atoms with van der Waals surface area (Å²) in [6.45, 7) is 1.84. The summed E-state index contributed by atoms with van der Waals surface area (Å²) in [7, 11) is 1.65. The van der Waals surface area contributed by atoms with Gasteiger partial charge in [0.15, 0.2) is 0 Å². The molecule has 1 unspecified atom stereocenters. The summed E-state index contributed by atoms with van der Waals surface area (Å²) < 4.78 is 10.3. The zero-order valence-corrected chi connectivity index (χ0v) is 10.8. The molecule has 1 heterocycles. The van der Waals surface area contributed by atoms with E-state index in [1.807, 2.05) is 12.1 Å². The van der Waals surface area contributed by atoms with Crippen LogP contribution in [0.1, 0.15) is 12.0 Å². The van der Waals surface area contributed by atoms with E-state index < -0.39 is 0 Å². The van der Waals surface area contributed by atoms with E-state index in [4.69, 9.17) is 21.1 Å². The Morgan fingerprint density at radius 3 is 2.89 bits per heavy atom. The number of hydrogen-bond acceptors (Lipinski definition) is 6. The minimum Gasteiger partial charge on any atom is -0.383 e. The van der Waals surface area contributed by atoms with Crippen molar-refractivity contribution >= 4 is 5.82 Å². The molecule has 0 spiro atoms. The lowest BCUT2D eigenvalue weighted by Gasteiger charge is -2.16. The maximum atomic E-state index is 5.79. The van der Waals surface area contributed by atoms with Gasteiger partial charge in [-0.2, -0.15) is 0 Å². The summed E-state index contributed by atoms with van der Waals surface area (Å²) in [5.41, 5.74) is 9.56. The highest BCUT2D eigenvalue weighted by atomic mass is 16.5. The van der Waals surface area contributed by atoms with Crippen LogP contribution in [0.25, 0.3) is 0 Å². The maximum Gasteiger partial charge on any atom is 0.126 e. The quantitative estimate of drug-likeness (QED) is 0.328. The van der Waals surface area contributed by atoms with E-state index in [1.54, 1.807) is 13.3 Å². The highest BCUT2D eigenvalue weighted by Gasteiger charge is 2.10. The lowest BCUT2D eigenvalue weighted by atomic mass is 10.1. The Labute approximate surface area is 108 Å². The number of rotatable bonds is 9. The van der Waals surface area contributed by atoms with Crippen molar-refractivity contribution in [1.82, 2.24) is 10.4 Å². The van der Waals surface area contributed by atoms with Crippen LogP contribution < -0.4 is 17.0 Å². The van der Waals surface area contributed by atoms with Crippen molar-refractivity contribution in [1.29, 1.82) is 0 Å². The Hall–Kier alpha value is -1.21. The van der Waals surface area contributed by atoms with E-state index in [0.717, 1.165) is 18.4 Å². The lowest BCUT2D eigenvalue weighted by molar-refractivity contribution is 0.0658. The molecule has 1 aromatic rings. The molecule has 5 N–H and O–H groups in total. The van der Waals surface area contributed by atoms with E-state index in [9.17, 15) is 0 Å². The fourth-order valence-electron chi connectivity index (χ4n) is 1.60. The smallest absolute Gasteiger partial charge is 0.126 e. The van der Waals surface area contributed by atoms with Crippen molar-refractivity contribution in [2.24, 2.45) is 5.84 Å². The number of nitrogens with one attached hydrogen (secondary N) is 1. The Kier molecular flexibility index (Phi) is 7.28. The van der Waals surface area contributed by atoms with Crippen molar-refractivity contribution in [3.05, 3.63) is 23.9 Å². The number of nitrogens with zero attached hydrogens (tertiary/aromatic N) is 1. The van der Waals surface area contributed by atoms with Crippen molar-refractivity contribution in [2.45, 2.75) is 18.9 Å². The van der Waals surface area contributed by atoms with Gasteiger partial charge >= 0.3 is 0 Å². The van der Waals surface area contributed by atoms with Gasteiger partial charge in [-0.1, -0.05) is 6.07 Å². The molecule has 0 aliphatic carbocycles. The average Bonchev–Trinajstić information content (AvgIpc) is 2.39. The molecular weight excluding hydrogens is 232 g/mol. The summed E-state index contributed by atoms with van der Waals surface area (Å²) in [6.07, 6.45) is 3.23. The molecule has 0 amide bonds. The fraction of sp³-hybridized carbons (Fsp3) is 0.583. The Morgan fingerprint density at radius 1 is 1.39 bits per heavy atom. The lowest BCUT2D eigenvalue weighted by Crippen LogP contribution is -2.38. The van der Waals surface area contributed by atoms with Gasteiger partial charge in [-0.3, -0.25) is 11.3 Å². The third-order valence-corrected chi connectivity index (χ3v) is 2.67. The molecule has 0 saturated carbocycles. The van der Waals surface area contributed by atoms with Crippen molar-refractivity contribution in [3.8, 4) is 0 Å². The van der Waals surface area contributed by atoms with Gasteiger partial charge in [-0.15, -0.1) is 0 Å². The van der Waals surface area contributed by atoms with E-state index in [2.05, 4.69) is 10.4 Å². The van der Waals surface area contributed by atoms with Crippen molar-refractivity contribution < 1.29 is 9.47 Å². The first-order valence-electron chi connectivity index (χ1n) is 6.00. The third-order valence-electron chi connectivity index (χ3n) is 2.67. The Bertz CT molecular complexity index is 336. The highest BCUT2D eigenvalue weighted by Crippen LogP contribution is 2.11. The van der Waals surface area contributed by atoms with Gasteiger partial charge in [0.05, 0.1) is 13.2 Å².